The molecular weight excluding hydrogens is 302 g/mol. The molecule has 0 aromatic carbocycles. The number of alkyl halides is 2. The Labute approximate surface area is 94.1 Å². The van der Waals surface area contributed by atoms with E-state index >= 15 is 0 Å². The molecule has 5 heteroatoms. The van der Waals surface area contributed by atoms with Gasteiger partial charge in [0.1, 0.15) is 0 Å². The second kappa shape index (κ2) is 3.42. The van der Waals surface area contributed by atoms with Gasteiger partial charge in [-0.25, -0.2) is 4.79 Å². The number of halogens is 2. The molecule has 2 aliphatic heterocycles. The van der Waals surface area contributed by atoms with Crippen LogP contribution in [0.15, 0.2) is 0 Å². The minimum Gasteiger partial charge on any atom is -0.450 e. The number of fused-ring (bicyclic) bond motifs is 1. The van der Waals surface area contributed by atoms with Crippen LogP contribution in [-0.4, -0.2) is 39.8 Å². The minimum atomic E-state index is -0.179. The molecule has 4 atom stereocenters. The summed E-state index contributed by atoms with van der Waals surface area (Å²) in [5.74, 6) is 0.550. The van der Waals surface area contributed by atoms with Gasteiger partial charge in [0.15, 0.2) is 0 Å². The molecule has 0 spiro atoms. The first-order chi connectivity index (χ1) is 6.16. The Morgan fingerprint density at radius 2 is 2.15 bits per heavy atom. The molecule has 1 amide bonds. The highest BCUT2D eigenvalue weighted by Gasteiger charge is 2.59. The van der Waals surface area contributed by atoms with Gasteiger partial charge in [-0.05, 0) is 6.92 Å². The first-order valence-electron chi connectivity index (χ1n) is 4.38. The number of hydrogen-bond donors (Lipinski definition) is 0. The van der Waals surface area contributed by atoms with Gasteiger partial charge in [-0.3, -0.25) is 0 Å². The summed E-state index contributed by atoms with van der Waals surface area (Å²) in [4.78, 5) is 14.1. The van der Waals surface area contributed by atoms with Gasteiger partial charge in [0.2, 0.25) is 0 Å². The second-order valence-corrected chi connectivity index (χ2v) is 5.51. The summed E-state index contributed by atoms with van der Waals surface area (Å²) >= 11 is 7.15. The number of hydrogen-bond acceptors (Lipinski definition) is 2. The van der Waals surface area contributed by atoms with E-state index in [4.69, 9.17) is 4.74 Å². The average Bonchev–Trinajstić information content (AvgIpc) is 2.61. The number of nitrogens with zero attached hydrogens (tertiary/aromatic N) is 1. The zero-order valence-electron chi connectivity index (χ0n) is 7.24. The van der Waals surface area contributed by atoms with Crippen molar-refractivity contribution in [3.63, 3.8) is 0 Å². The Morgan fingerprint density at radius 3 is 2.54 bits per heavy atom. The Kier molecular flexibility index (Phi) is 2.57. The van der Waals surface area contributed by atoms with E-state index < -0.39 is 0 Å². The van der Waals surface area contributed by atoms with E-state index in [2.05, 4.69) is 31.9 Å². The van der Waals surface area contributed by atoms with Crippen LogP contribution in [0.4, 0.5) is 4.79 Å². The summed E-state index contributed by atoms with van der Waals surface area (Å²) in [6, 6.07) is 0.282. The third-order valence-electron chi connectivity index (χ3n) is 2.74. The lowest BCUT2D eigenvalue weighted by Crippen LogP contribution is -2.51. The standard InChI is InChI=1S/C8H11Br2NO2/c1-2-13-8(12)11-3-4-5(9)7(11)6(4)10/h4-7H,2-3H2,1H3/t4?,5-,6+,7?. The second-order valence-electron chi connectivity index (χ2n) is 3.39. The summed E-state index contributed by atoms with van der Waals surface area (Å²) < 4.78 is 4.96. The monoisotopic (exact) mass is 311 g/mol. The fourth-order valence-electron chi connectivity index (χ4n) is 2.01. The van der Waals surface area contributed by atoms with Gasteiger partial charge in [-0.1, -0.05) is 31.9 Å². The molecule has 3 nitrogen and oxygen atoms in total. The molecule has 2 unspecified atom stereocenters. The van der Waals surface area contributed by atoms with Crippen LogP contribution in [0.5, 0.6) is 0 Å². The van der Waals surface area contributed by atoms with Crippen molar-refractivity contribution >= 4 is 38.0 Å². The maximum atomic E-state index is 11.4. The highest BCUT2D eigenvalue weighted by Crippen LogP contribution is 2.49. The molecule has 0 aromatic rings. The van der Waals surface area contributed by atoms with Crippen molar-refractivity contribution in [3.05, 3.63) is 0 Å². The van der Waals surface area contributed by atoms with Crippen molar-refractivity contribution < 1.29 is 9.53 Å². The molecule has 0 radical (unpaired) electrons. The molecule has 1 saturated carbocycles. The van der Waals surface area contributed by atoms with Crippen molar-refractivity contribution in [2.75, 3.05) is 13.2 Å². The van der Waals surface area contributed by atoms with Gasteiger partial charge in [-0.15, -0.1) is 0 Å². The normalized spacial score (nSPS) is 41.6. The summed E-state index contributed by atoms with van der Waals surface area (Å²) in [7, 11) is 0. The molecule has 0 aromatic heterocycles. The molecule has 2 bridgehead atoms. The van der Waals surface area contributed by atoms with Crippen molar-refractivity contribution in [3.8, 4) is 0 Å². The van der Waals surface area contributed by atoms with E-state index in [1.54, 1.807) is 0 Å². The lowest BCUT2D eigenvalue weighted by atomic mass is 9.86. The van der Waals surface area contributed by atoms with E-state index in [1.165, 1.54) is 0 Å². The third-order valence-corrected chi connectivity index (χ3v) is 5.18. The van der Waals surface area contributed by atoms with Gasteiger partial charge < -0.3 is 9.64 Å². The summed E-state index contributed by atoms with van der Waals surface area (Å²) in [6.07, 6.45) is -0.179. The van der Waals surface area contributed by atoms with Crippen LogP contribution in [0, 0.1) is 5.92 Å². The van der Waals surface area contributed by atoms with Crippen LogP contribution < -0.4 is 0 Å². The minimum absolute atomic E-state index is 0.179. The predicted octanol–water partition coefficient (Wildman–Crippen LogP) is 1.98. The number of carbonyl (C=O) groups is 1. The van der Waals surface area contributed by atoms with Crippen LogP contribution in [0.25, 0.3) is 0 Å². The average molecular weight is 313 g/mol. The molecular formula is C8H11Br2NO2. The first kappa shape index (κ1) is 9.77. The van der Waals surface area contributed by atoms with Gasteiger partial charge in [0, 0.05) is 22.1 Å². The van der Waals surface area contributed by atoms with Crippen LogP contribution >= 0.6 is 31.9 Å². The van der Waals surface area contributed by atoms with E-state index in [1.807, 2.05) is 11.8 Å². The SMILES string of the molecule is CCOC(=O)N1CC2[C@@H](Br)C1[C@H]2Br. The van der Waals surface area contributed by atoms with Gasteiger partial charge in [0.25, 0.3) is 0 Å². The highest BCUT2D eigenvalue weighted by atomic mass is 79.9. The van der Waals surface area contributed by atoms with Crippen LogP contribution in [0.3, 0.4) is 0 Å². The first-order valence-corrected chi connectivity index (χ1v) is 6.21. The zero-order chi connectivity index (χ0) is 9.59. The molecule has 2 heterocycles. The van der Waals surface area contributed by atoms with Crippen molar-refractivity contribution in [2.45, 2.75) is 22.6 Å². The summed E-state index contributed by atoms with van der Waals surface area (Å²) in [6.45, 7) is 3.09. The Bertz CT molecular complexity index is 226. The lowest BCUT2D eigenvalue weighted by molar-refractivity contribution is 0.108. The summed E-state index contributed by atoms with van der Waals surface area (Å²) in [5.41, 5.74) is 0. The smallest absolute Gasteiger partial charge is 0.410 e. The van der Waals surface area contributed by atoms with Gasteiger partial charge in [0.05, 0.1) is 12.6 Å². The maximum Gasteiger partial charge on any atom is 0.410 e. The number of ether oxygens (including phenoxy) is 1. The number of rotatable bonds is 1. The lowest BCUT2D eigenvalue weighted by Gasteiger charge is -2.37. The van der Waals surface area contributed by atoms with E-state index in [9.17, 15) is 4.79 Å². The largest absolute Gasteiger partial charge is 0.450 e. The molecule has 74 valence electrons. The molecule has 13 heavy (non-hydrogen) atoms. The van der Waals surface area contributed by atoms with E-state index in [0.717, 1.165) is 6.54 Å². The Hall–Kier alpha value is 0.230. The highest BCUT2D eigenvalue weighted by molar-refractivity contribution is 9.10. The van der Waals surface area contributed by atoms with Crippen LogP contribution in [-0.2, 0) is 4.74 Å². The molecule has 3 aliphatic rings. The van der Waals surface area contributed by atoms with E-state index in [0.29, 0.717) is 22.2 Å². The zero-order valence-corrected chi connectivity index (χ0v) is 10.4. The Balaban J connectivity index is 2.00. The van der Waals surface area contributed by atoms with Gasteiger partial charge in [-0.2, -0.15) is 0 Å². The molecule has 3 rings (SSSR count). The van der Waals surface area contributed by atoms with Crippen molar-refractivity contribution in [1.82, 2.24) is 4.90 Å². The Morgan fingerprint density at radius 1 is 1.54 bits per heavy atom. The number of amides is 1. The maximum absolute atomic E-state index is 11.4. The van der Waals surface area contributed by atoms with Crippen molar-refractivity contribution in [2.24, 2.45) is 5.92 Å². The quantitative estimate of drug-likeness (QED) is 0.693. The topological polar surface area (TPSA) is 29.5 Å². The van der Waals surface area contributed by atoms with Gasteiger partial charge >= 0.3 is 6.09 Å². The van der Waals surface area contributed by atoms with E-state index in [-0.39, 0.29) is 12.1 Å². The molecule has 2 saturated heterocycles. The fourth-order valence-corrected chi connectivity index (χ4v) is 5.05. The van der Waals surface area contributed by atoms with Crippen LogP contribution in [0.2, 0.25) is 0 Å². The van der Waals surface area contributed by atoms with Crippen LogP contribution in [0.1, 0.15) is 6.92 Å². The molecule has 3 fully saturated rings. The van der Waals surface area contributed by atoms with Crippen molar-refractivity contribution in [1.29, 1.82) is 0 Å². The molecule has 1 aliphatic carbocycles. The predicted molar refractivity (Wildman–Crippen MR) is 56.4 cm³/mol. The number of carbonyl (C=O) groups excluding carboxylic acids is 1. The molecule has 0 N–H and O–H groups in total. The summed E-state index contributed by atoms with van der Waals surface area (Å²) in [5, 5.41) is 0. The fraction of sp³-hybridized carbons (Fsp3) is 0.875. The third kappa shape index (κ3) is 1.31.